The van der Waals surface area contributed by atoms with Crippen molar-refractivity contribution in [3.05, 3.63) is 77.2 Å². The molecule has 0 spiro atoms. The van der Waals surface area contributed by atoms with Gasteiger partial charge in [-0.05, 0) is 35.9 Å². The Morgan fingerprint density at radius 1 is 1.00 bits per heavy atom. The molecular weight excluding hydrogens is 315 g/mol. The molecule has 0 atom stereocenters. The molecule has 0 unspecified atom stereocenters. The van der Waals surface area contributed by atoms with Gasteiger partial charge in [0.05, 0.1) is 5.69 Å². The standard InChI is InChI=1S/C17H14ClFN4/c18-13-7-5-12(6-8-13)11-21-16-9-10-20-17(23-16)22-15-4-2-1-3-14(15)19/h1-10H,11H2,(H2,20,21,22,23). The Kier molecular flexibility index (Phi) is 4.68. The Balaban J connectivity index is 1.67. The van der Waals surface area contributed by atoms with E-state index in [2.05, 4.69) is 20.6 Å². The number of halogens is 2. The highest BCUT2D eigenvalue weighted by Crippen LogP contribution is 2.18. The van der Waals surface area contributed by atoms with Gasteiger partial charge in [0, 0.05) is 17.8 Å². The van der Waals surface area contributed by atoms with Gasteiger partial charge >= 0.3 is 0 Å². The van der Waals surface area contributed by atoms with Crippen LogP contribution in [-0.2, 0) is 6.54 Å². The fourth-order valence-corrected chi connectivity index (χ4v) is 2.12. The van der Waals surface area contributed by atoms with Crippen LogP contribution in [-0.4, -0.2) is 9.97 Å². The molecule has 1 heterocycles. The van der Waals surface area contributed by atoms with Gasteiger partial charge in [-0.25, -0.2) is 9.37 Å². The first-order valence-electron chi connectivity index (χ1n) is 7.03. The van der Waals surface area contributed by atoms with E-state index in [1.54, 1.807) is 30.5 Å². The zero-order valence-electron chi connectivity index (χ0n) is 12.1. The molecule has 1 aromatic heterocycles. The van der Waals surface area contributed by atoms with Crippen molar-refractivity contribution in [1.29, 1.82) is 0 Å². The molecule has 2 N–H and O–H groups in total. The van der Waals surface area contributed by atoms with Crippen molar-refractivity contribution in [2.75, 3.05) is 10.6 Å². The van der Waals surface area contributed by atoms with E-state index in [1.807, 2.05) is 24.3 Å². The molecule has 2 aromatic carbocycles. The van der Waals surface area contributed by atoms with E-state index in [-0.39, 0.29) is 5.82 Å². The molecule has 0 fully saturated rings. The molecule has 116 valence electrons. The van der Waals surface area contributed by atoms with Crippen LogP contribution in [0.25, 0.3) is 0 Å². The van der Waals surface area contributed by atoms with E-state index in [4.69, 9.17) is 11.6 Å². The number of nitrogens with one attached hydrogen (secondary N) is 2. The van der Waals surface area contributed by atoms with Crippen LogP contribution in [0.4, 0.5) is 21.8 Å². The molecule has 0 radical (unpaired) electrons. The normalized spacial score (nSPS) is 10.3. The van der Waals surface area contributed by atoms with Gasteiger partial charge in [-0.3, -0.25) is 0 Å². The Hall–Kier alpha value is -2.66. The zero-order valence-corrected chi connectivity index (χ0v) is 12.9. The van der Waals surface area contributed by atoms with E-state index in [9.17, 15) is 4.39 Å². The maximum atomic E-state index is 13.6. The summed E-state index contributed by atoms with van der Waals surface area (Å²) in [7, 11) is 0. The first-order chi connectivity index (χ1) is 11.2. The zero-order chi connectivity index (χ0) is 16.1. The lowest BCUT2D eigenvalue weighted by Crippen LogP contribution is -2.04. The number of rotatable bonds is 5. The first-order valence-corrected chi connectivity index (χ1v) is 7.41. The molecule has 0 aliphatic heterocycles. The molecule has 0 saturated heterocycles. The summed E-state index contributed by atoms with van der Waals surface area (Å²) in [5.41, 5.74) is 1.42. The predicted molar refractivity (Wildman–Crippen MR) is 90.5 cm³/mol. The quantitative estimate of drug-likeness (QED) is 0.717. The minimum Gasteiger partial charge on any atom is -0.366 e. The summed E-state index contributed by atoms with van der Waals surface area (Å²) < 4.78 is 13.6. The summed E-state index contributed by atoms with van der Waals surface area (Å²) in [6.07, 6.45) is 1.61. The summed E-state index contributed by atoms with van der Waals surface area (Å²) in [6, 6.07) is 15.7. The molecule has 4 nitrogen and oxygen atoms in total. The second-order valence-corrected chi connectivity index (χ2v) is 5.29. The van der Waals surface area contributed by atoms with Gasteiger partial charge in [-0.1, -0.05) is 35.9 Å². The third kappa shape index (κ3) is 4.17. The smallest absolute Gasteiger partial charge is 0.229 e. The Bertz CT molecular complexity index is 793. The molecule has 0 amide bonds. The van der Waals surface area contributed by atoms with Crippen molar-refractivity contribution in [3.8, 4) is 0 Å². The maximum absolute atomic E-state index is 13.6. The summed E-state index contributed by atoms with van der Waals surface area (Å²) in [5, 5.41) is 6.76. The number of nitrogens with zero attached hydrogens (tertiary/aromatic N) is 2. The molecule has 0 aliphatic rings. The molecule has 0 aliphatic carbocycles. The number of para-hydroxylation sites is 1. The van der Waals surface area contributed by atoms with E-state index in [0.717, 1.165) is 5.56 Å². The minimum absolute atomic E-state index is 0.330. The van der Waals surface area contributed by atoms with Crippen LogP contribution in [0.1, 0.15) is 5.56 Å². The van der Waals surface area contributed by atoms with Crippen molar-refractivity contribution >= 4 is 29.1 Å². The van der Waals surface area contributed by atoms with Crippen molar-refractivity contribution in [1.82, 2.24) is 9.97 Å². The molecular formula is C17H14ClFN4. The van der Waals surface area contributed by atoms with E-state index < -0.39 is 0 Å². The number of hydrogen-bond donors (Lipinski definition) is 2. The SMILES string of the molecule is Fc1ccccc1Nc1nccc(NCc2ccc(Cl)cc2)n1. The Morgan fingerprint density at radius 3 is 2.57 bits per heavy atom. The number of anilines is 3. The van der Waals surface area contributed by atoms with Gasteiger partial charge < -0.3 is 10.6 Å². The number of benzene rings is 2. The van der Waals surface area contributed by atoms with Crippen molar-refractivity contribution in [2.24, 2.45) is 0 Å². The summed E-state index contributed by atoms with van der Waals surface area (Å²) in [4.78, 5) is 8.41. The third-order valence-corrected chi connectivity index (χ3v) is 3.41. The van der Waals surface area contributed by atoms with E-state index in [0.29, 0.717) is 29.0 Å². The summed E-state index contributed by atoms with van der Waals surface area (Å²) in [5.74, 6) is 0.626. The summed E-state index contributed by atoms with van der Waals surface area (Å²) in [6.45, 7) is 0.604. The predicted octanol–water partition coefficient (Wildman–Crippen LogP) is 4.62. The van der Waals surface area contributed by atoms with Crippen LogP contribution in [0.3, 0.4) is 0 Å². The molecule has 3 rings (SSSR count). The molecule has 23 heavy (non-hydrogen) atoms. The first kappa shape index (κ1) is 15.2. The average molecular weight is 329 g/mol. The fourth-order valence-electron chi connectivity index (χ4n) is 2.00. The van der Waals surface area contributed by atoms with Crippen LogP contribution in [0.15, 0.2) is 60.8 Å². The van der Waals surface area contributed by atoms with Crippen LogP contribution in [0.5, 0.6) is 0 Å². The lowest BCUT2D eigenvalue weighted by molar-refractivity contribution is 0.631. The van der Waals surface area contributed by atoms with Crippen LogP contribution < -0.4 is 10.6 Å². The molecule has 0 saturated carbocycles. The van der Waals surface area contributed by atoms with Crippen LogP contribution >= 0.6 is 11.6 Å². The third-order valence-electron chi connectivity index (χ3n) is 3.16. The van der Waals surface area contributed by atoms with Gasteiger partial charge in [-0.2, -0.15) is 4.98 Å². The largest absolute Gasteiger partial charge is 0.366 e. The van der Waals surface area contributed by atoms with Crippen LogP contribution in [0.2, 0.25) is 5.02 Å². The topological polar surface area (TPSA) is 49.8 Å². The maximum Gasteiger partial charge on any atom is 0.229 e. The second kappa shape index (κ2) is 7.07. The highest BCUT2D eigenvalue weighted by molar-refractivity contribution is 6.30. The molecule has 0 bridgehead atoms. The van der Waals surface area contributed by atoms with Gasteiger partial charge in [0.15, 0.2) is 0 Å². The number of hydrogen-bond acceptors (Lipinski definition) is 4. The lowest BCUT2D eigenvalue weighted by Gasteiger charge is -2.09. The minimum atomic E-state index is -0.351. The fraction of sp³-hybridized carbons (Fsp3) is 0.0588. The Labute approximate surface area is 138 Å². The van der Waals surface area contributed by atoms with E-state index >= 15 is 0 Å². The van der Waals surface area contributed by atoms with Gasteiger partial charge in [0.2, 0.25) is 5.95 Å². The van der Waals surface area contributed by atoms with Crippen molar-refractivity contribution in [3.63, 3.8) is 0 Å². The van der Waals surface area contributed by atoms with Gasteiger partial charge in [-0.15, -0.1) is 0 Å². The lowest BCUT2D eigenvalue weighted by atomic mass is 10.2. The number of aromatic nitrogens is 2. The van der Waals surface area contributed by atoms with E-state index in [1.165, 1.54) is 6.07 Å². The van der Waals surface area contributed by atoms with Crippen molar-refractivity contribution in [2.45, 2.75) is 6.54 Å². The summed E-state index contributed by atoms with van der Waals surface area (Å²) >= 11 is 5.86. The second-order valence-electron chi connectivity index (χ2n) is 4.85. The molecule has 6 heteroatoms. The Morgan fingerprint density at radius 2 is 1.78 bits per heavy atom. The molecule has 3 aromatic rings. The monoisotopic (exact) mass is 328 g/mol. The van der Waals surface area contributed by atoms with Gasteiger partial charge in [0.1, 0.15) is 11.6 Å². The van der Waals surface area contributed by atoms with Gasteiger partial charge in [0.25, 0.3) is 0 Å². The highest BCUT2D eigenvalue weighted by Gasteiger charge is 2.04. The van der Waals surface area contributed by atoms with Crippen LogP contribution in [0, 0.1) is 5.82 Å². The highest BCUT2D eigenvalue weighted by atomic mass is 35.5. The average Bonchev–Trinajstić information content (AvgIpc) is 2.57. The van der Waals surface area contributed by atoms with Crippen molar-refractivity contribution < 1.29 is 4.39 Å².